The summed E-state index contributed by atoms with van der Waals surface area (Å²) < 4.78 is 5.90. The third kappa shape index (κ3) is 6.25. The summed E-state index contributed by atoms with van der Waals surface area (Å²) in [6.45, 7) is 2.32. The Hall–Kier alpha value is -2.07. The van der Waals surface area contributed by atoms with Crippen molar-refractivity contribution in [2.45, 2.75) is 108 Å². The third-order valence-corrected chi connectivity index (χ3v) is 7.89. The van der Waals surface area contributed by atoms with Crippen molar-refractivity contribution in [3.63, 3.8) is 0 Å². The molecule has 3 rings (SSSR count). The molecule has 2 bridgehead atoms. The van der Waals surface area contributed by atoms with Crippen LogP contribution in [0.4, 0.5) is 0 Å². The number of Topliss-reactive ketones (excluding diaryl/α,β-unsaturated/α-hetero) is 1. The second-order valence-corrected chi connectivity index (χ2v) is 10.5. The number of fused-ring (bicyclic) bond motifs is 1. The predicted octanol–water partition coefficient (Wildman–Crippen LogP) is 2.38. The van der Waals surface area contributed by atoms with Crippen LogP contribution in [0.2, 0.25) is 0 Å². The van der Waals surface area contributed by atoms with Gasteiger partial charge in [-0.15, -0.1) is 0 Å². The van der Waals surface area contributed by atoms with Gasteiger partial charge in [0.25, 0.3) is 0 Å². The number of ether oxygens (including phenoxy) is 1. The lowest BCUT2D eigenvalue weighted by Crippen LogP contribution is -2.63. The highest BCUT2D eigenvalue weighted by molar-refractivity contribution is 5.98. The Labute approximate surface area is 212 Å². The zero-order valence-corrected chi connectivity index (χ0v) is 21.2. The Morgan fingerprint density at radius 3 is 2.67 bits per heavy atom. The first kappa shape index (κ1) is 28.5. The highest BCUT2D eigenvalue weighted by Gasteiger charge is 2.66. The average molecular weight is 508 g/mol. The largest absolute Gasteiger partial charge is 0.481 e. The second kappa shape index (κ2) is 12.4. The first-order valence-corrected chi connectivity index (χ1v) is 13.3. The molecular formula is C27H41NO8. The molecule has 1 unspecified atom stereocenters. The normalized spacial score (nSPS) is 32.2. The van der Waals surface area contributed by atoms with Crippen LogP contribution in [0.1, 0.15) is 84.0 Å². The number of carboxylic acids is 1. The molecule has 36 heavy (non-hydrogen) atoms. The molecule has 1 spiro atoms. The number of unbranched alkanes of at least 4 members (excludes halogenated alkanes) is 5. The number of carbonyl (C=O) groups excluding carboxylic acids is 2. The number of aliphatic carboxylic acids is 1. The Balaban J connectivity index is 1.67. The Kier molecular flexibility index (Phi) is 9.86. The number of nitrogens with one attached hydrogen (secondary N) is 1. The van der Waals surface area contributed by atoms with Crippen LogP contribution in [-0.4, -0.2) is 68.6 Å². The average Bonchev–Trinajstić information content (AvgIpc) is 3.12. The minimum absolute atomic E-state index is 0.0692. The number of β-amino-alcohol motifs (C(OH)–C–C–N with tert-alkyl or cyclic N) is 1. The molecule has 5 N–H and O–H groups in total. The smallest absolute Gasteiger partial charge is 0.303 e. The van der Waals surface area contributed by atoms with Crippen LogP contribution in [0.25, 0.3) is 0 Å². The van der Waals surface area contributed by atoms with Gasteiger partial charge >= 0.3 is 5.97 Å². The van der Waals surface area contributed by atoms with Crippen LogP contribution < -0.4 is 5.32 Å². The van der Waals surface area contributed by atoms with E-state index in [9.17, 15) is 29.7 Å². The van der Waals surface area contributed by atoms with Gasteiger partial charge in [-0.05, 0) is 25.7 Å². The number of carboxylic acid groups (broad SMARTS) is 1. The first-order chi connectivity index (χ1) is 17.1. The molecule has 1 aliphatic carbocycles. The maximum absolute atomic E-state index is 13.0. The first-order valence-electron chi connectivity index (χ1n) is 13.3. The van der Waals surface area contributed by atoms with Crippen molar-refractivity contribution in [3.05, 3.63) is 23.9 Å². The van der Waals surface area contributed by atoms with Crippen LogP contribution in [-0.2, 0) is 19.1 Å². The van der Waals surface area contributed by atoms with E-state index < -0.39 is 47.0 Å². The van der Waals surface area contributed by atoms with Crippen molar-refractivity contribution in [3.8, 4) is 0 Å². The fourth-order valence-electron chi connectivity index (χ4n) is 5.91. The molecule has 2 saturated heterocycles. The number of carbonyl (C=O) groups is 3. The minimum Gasteiger partial charge on any atom is -0.481 e. The van der Waals surface area contributed by atoms with Crippen molar-refractivity contribution in [1.82, 2.24) is 5.32 Å². The molecule has 202 valence electrons. The summed E-state index contributed by atoms with van der Waals surface area (Å²) >= 11 is 0. The molecule has 3 aliphatic rings. The topological polar surface area (TPSA) is 153 Å². The number of ketones is 2. The third-order valence-electron chi connectivity index (χ3n) is 7.89. The van der Waals surface area contributed by atoms with Crippen molar-refractivity contribution in [2.75, 3.05) is 6.54 Å². The van der Waals surface area contributed by atoms with E-state index in [4.69, 9.17) is 9.84 Å². The number of hydrogen-bond donors (Lipinski definition) is 5. The molecule has 2 aliphatic heterocycles. The van der Waals surface area contributed by atoms with Crippen molar-refractivity contribution in [1.29, 1.82) is 0 Å². The van der Waals surface area contributed by atoms with Crippen LogP contribution in [0, 0.1) is 11.3 Å². The summed E-state index contributed by atoms with van der Waals surface area (Å²) in [5, 5.41) is 44.4. The lowest BCUT2D eigenvalue weighted by molar-refractivity contribution is -0.286. The highest BCUT2D eigenvalue weighted by Crippen LogP contribution is 2.57. The van der Waals surface area contributed by atoms with E-state index in [1.807, 2.05) is 12.2 Å². The monoisotopic (exact) mass is 507 g/mol. The molecule has 0 saturated carbocycles. The molecule has 9 heteroatoms. The number of aliphatic hydroxyl groups excluding tert-OH is 2. The van der Waals surface area contributed by atoms with Crippen LogP contribution in [0.5, 0.6) is 0 Å². The van der Waals surface area contributed by atoms with Gasteiger partial charge in [-0.2, -0.15) is 0 Å². The second-order valence-electron chi connectivity index (χ2n) is 10.5. The van der Waals surface area contributed by atoms with Crippen molar-refractivity contribution < 1.29 is 39.5 Å². The fraction of sp³-hybridized carbons (Fsp3) is 0.741. The lowest BCUT2D eigenvalue weighted by Gasteiger charge is -2.54. The van der Waals surface area contributed by atoms with E-state index in [0.717, 1.165) is 32.1 Å². The van der Waals surface area contributed by atoms with E-state index in [-0.39, 0.29) is 38.1 Å². The Morgan fingerprint density at radius 1 is 1.22 bits per heavy atom. The van der Waals surface area contributed by atoms with Gasteiger partial charge in [0.05, 0.1) is 12.2 Å². The number of rotatable bonds is 15. The van der Waals surface area contributed by atoms with Gasteiger partial charge < -0.3 is 30.5 Å². The predicted molar refractivity (Wildman–Crippen MR) is 132 cm³/mol. The maximum Gasteiger partial charge on any atom is 0.303 e. The van der Waals surface area contributed by atoms with Gasteiger partial charge in [0.1, 0.15) is 6.10 Å². The van der Waals surface area contributed by atoms with Crippen LogP contribution >= 0.6 is 0 Å². The van der Waals surface area contributed by atoms with E-state index in [1.54, 1.807) is 0 Å². The summed E-state index contributed by atoms with van der Waals surface area (Å²) in [5.74, 6) is -4.28. The molecule has 2 fully saturated rings. The SMILES string of the molecule is CCC/C=C\C[C@H]1[C@H](CC(=O)[C@H](O)CCCCCCCC(=O)O)O[C@@]2(O)CC13C(=CC2=O)NC[C@H]3O. The molecule has 0 radical (unpaired) electrons. The molecule has 2 heterocycles. The highest BCUT2D eigenvalue weighted by atomic mass is 16.6. The molecule has 0 aromatic carbocycles. The molecule has 0 amide bonds. The molecule has 9 nitrogen and oxygen atoms in total. The van der Waals surface area contributed by atoms with Gasteiger partial charge in [0.2, 0.25) is 11.6 Å². The lowest BCUT2D eigenvalue weighted by atomic mass is 9.58. The fourth-order valence-corrected chi connectivity index (χ4v) is 5.91. The maximum atomic E-state index is 13.0. The van der Waals surface area contributed by atoms with Gasteiger partial charge in [0, 0.05) is 48.9 Å². The quantitative estimate of drug-likeness (QED) is 0.166. The molecule has 0 aromatic rings. The summed E-state index contributed by atoms with van der Waals surface area (Å²) in [6, 6.07) is 0. The summed E-state index contributed by atoms with van der Waals surface area (Å²) in [6.07, 6.45) is 8.77. The number of aliphatic hydroxyl groups is 3. The van der Waals surface area contributed by atoms with E-state index in [1.165, 1.54) is 6.08 Å². The van der Waals surface area contributed by atoms with Crippen molar-refractivity contribution in [2.24, 2.45) is 11.3 Å². The van der Waals surface area contributed by atoms with E-state index >= 15 is 0 Å². The molecule has 6 atom stereocenters. The van der Waals surface area contributed by atoms with E-state index in [2.05, 4.69) is 12.2 Å². The minimum atomic E-state index is -2.11. The zero-order chi connectivity index (χ0) is 26.3. The summed E-state index contributed by atoms with van der Waals surface area (Å²) in [7, 11) is 0. The van der Waals surface area contributed by atoms with Crippen LogP contribution in [0.15, 0.2) is 23.9 Å². The molecular weight excluding hydrogens is 466 g/mol. The Morgan fingerprint density at radius 2 is 1.94 bits per heavy atom. The van der Waals surface area contributed by atoms with Gasteiger partial charge in [-0.25, -0.2) is 0 Å². The zero-order valence-electron chi connectivity index (χ0n) is 21.2. The van der Waals surface area contributed by atoms with Crippen LogP contribution in [0.3, 0.4) is 0 Å². The van der Waals surface area contributed by atoms with Gasteiger partial charge in [-0.1, -0.05) is 51.2 Å². The summed E-state index contributed by atoms with van der Waals surface area (Å²) in [4.78, 5) is 36.2. The summed E-state index contributed by atoms with van der Waals surface area (Å²) in [5.41, 5.74) is -0.341. The number of hydrogen-bond acceptors (Lipinski definition) is 8. The molecule has 0 aromatic heterocycles. The van der Waals surface area contributed by atoms with Crippen molar-refractivity contribution >= 4 is 17.5 Å². The van der Waals surface area contributed by atoms with E-state index in [0.29, 0.717) is 25.0 Å². The Bertz CT molecular complexity index is 870. The van der Waals surface area contributed by atoms with Gasteiger partial charge in [0.15, 0.2) is 5.78 Å². The standard InChI is InChI=1S/C27H41NO8/c1-2-3-4-8-11-18-21(14-20(30)19(29)12-9-6-5-7-10-13-25(33)34)36-27(35)17-26(18)22(15-23(27)31)28-16-24(26)32/h4,8,15,18-19,21,24,28-29,32,35H,2-3,5-7,9-14,16-17H2,1H3,(H,33,34)/b8-4-/t18-,19+,21-,24+,26?,27-/m0/s1. The van der Waals surface area contributed by atoms with Gasteiger partial charge in [-0.3, -0.25) is 14.4 Å². The number of allylic oxidation sites excluding steroid dienone is 2.